The zero-order chi connectivity index (χ0) is 9.84. The zero-order valence-corrected chi connectivity index (χ0v) is 7.93. The number of carbonyl (C=O) groups excluding carboxylic acids is 1. The van der Waals surface area contributed by atoms with Gasteiger partial charge < -0.3 is 14.5 Å². The topological polar surface area (TPSA) is 32.8 Å². The largest absolute Gasteiger partial charge is 0.423 e. The first-order valence-corrected chi connectivity index (χ1v) is 4.09. The second-order valence-electron chi connectivity index (χ2n) is 2.88. The Balaban J connectivity index is 2.58. The Morgan fingerprint density at radius 3 is 2.92 bits per heavy atom. The highest BCUT2D eigenvalue weighted by Gasteiger charge is 2.24. The van der Waals surface area contributed by atoms with Gasteiger partial charge in [0.25, 0.3) is 6.35 Å². The van der Waals surface area contributed by atoms with Crippen LogP contribution in [0.4, 0.5) is 0 Å². The average molecular weight is 182 g/mol. The molecule has 13 heavy (non-hydrogen) atoms. The lowest BCUT2D eigenvalue weighted by molar-refractivity contribution is -0.163. The van der Waals surface area contributed by atoms with E-state index in [2.05, 4.69) is 6.58 Å². The lowest BCUT2D eigenvalue weighted by Gasteiger charge is -2.28. The number of rotatable bonds is 3. The van der Waals surface area contributed by atoms with Crippen LogP contribution in [-0.4, -0.2) is 35.7 Å². The monoisotopic (exact) mass is 182 g/mol. The first kappa shape index (κ1) is 9.64. The smallest absolute Gasteiger partial charge is 0.305 e. The van der Waals surface area contributed by atoms with Gasteiger partial charge in [-0.2, -0.15) is 0 Å². The van der Waals surface area contributed by atoms with Crippen molar-refractivity contribution in [3.8, 4) is 0 Å². The van der Waals surface area contributed by atoms with Gasteiger partial charge in [-0.25, -0.2) is 0 Å². The molecule has 4 nitrogen and oxygen atoms in total. The van der Waals surface area contributed by atoms with Crippen molar-refractivity contribution >= 4 is 5.97 Å². The summed E-state index contributed by atoms with van der Waals surface area (Å²) < 4.78 is 5.09. The highest BCUT2D eigenvalue weighted by Crippen LogP contribution is 2.14. The second-order valence-corrected chi connectivity index (χ2v) is 2.88. The molecule has 1 rings (SSSR count). The number of hydrogen-bond acceptors (Lipinski definition) is 4. The second kappa shape index (κ2) is 3.98. The van der Waals surface area contributed by atoms with Crippen LogP contribution in [0.5, 0.6) is 0 Å². The molecule has 1 aliphatic rings. The fraction of sp³-hybridized carbons (Fsp3) is 0.444. The Hall–Kier alpha value is -1.45. The standard InChI is InChI=1S/C9H14N2O2/c1-4-5-11-7-6-10(3)9(11)13-8(2)12/h4,6-7,9H,1,5H2,2-3H3. The highest BCUT2D eigenvalue weighted by molar-refractivity contribution is 5.66. The molecular formula is C9H14N2O2. The Kier molecular flexibility index (Phi) is 2.95. The predicted octanol–water partition coefficient (Wildman–Crippen LogP) is 0.738. The van der Waals surface area contributed by atoms with Crippen LogP contribution < -0.4 is 0 Å². The Labute approximate surface area is 78.1 Å². The number of carbonyl (C=O) groups is 1. The molecule has 1 unspecified atom stereocenters. The maximum atomic E-state index is 10.8. The molecule has 1 atom stereocenters. The molecule has 0 aromatic heterocycles. The fourth-order valence-electron chi connectivity index (χ4n) is 1.17. The van der Waals surface area contributed by atoms with Crippen molar-refractivity contribution in [2.75, 3.05) is 13.6 Å². The minimum Gasteiger partial charge on any atom is -0.423 e. The van der Waals surface area contributed by atoms with Gasteiger partial charge in [0.2, 0.25) is 0 Å². The van der Waals surface area contributed by atoms with E-state index in [1.807, 2.05) is 29.2 Å². The van der Waals surface area contributed by atoms with Crippen molar-refractivity contribution in [1.29, 1.82) is 0 Å². The van der Waals surface area contributed by atoms with Gasteiger partial charge in [-0.15, -0.1) is 6.58 Å². The van der Waals surface area contributed by atoms with Gasteiger partial charge in [-0.1, -0.05) is 6.08 Å². The van der Waals surface area contributed by atoms with Crippen molar-refractivity contribution < 1.29 is 9.53 Å². The molecule has 72 valence electrons. The van der Waals surface area contributed by atoms with E-state index in [4.69, 9.17) is 4.74 Å². The molecule has 0 bridgehead atoms. The first-order valence-electron chi connectivity index (χ1n) is 4.09. The van der Waals surface area contributed by atoms with E-state index in [0.717, 1.165) is 0 Å². The Morgan fingerprint density at radius 1 is 1.69 bits per heavy atom. The summed E-state index contributed by atoms with van der Waals surface area (Å²) in [6.45, 7) is 5.69. The molecule has 1 heterocycles. The molecule has 0 radical (unpaired) electrons. The van der Waals surface area contributed by atoms with Gasteiger partial charge in [0, 0.05) is 32.9 Å². The summed E-state index contributed by atoms with van der Waals surface area (Å²) in [5.74, 6) is -0.283. The van der Waals surface area contributed by atoms with Crippen molar-refractivity contribution in [2.24, 2.45) is 0 Å². The molecule has 0 fully saturated rings. The normalized spacial score (nSPS) is 20.6. The molecule has 0 aromatic rings. The van der Waals surface area contributed by atoms with Crippen LogP contribution in [0, 0.1) is 0 Å². The third kappa shape index (κ3) is 2.24. The van der Waals surface area contributed by atoms with Crippen LogP contribution in [0.25, 0.3) is 0 Å². The molecule has 0 amide bonds. The van der Waals surface area contributed by atoms with Crippen molar-refractivity contribution in [3.05, 3.63) is 25.1 Å². The molecule has 0 spiro atoms. The molecule has 0 saturated heterocycles. The summed E-state index contributed by atoms with van der Waals surface area (Å²) in [5.41, 5.74) is 0. The van der Waals surface area contributed by atoms with Crippen LogP contribution >= 0.6 is 0 Å². The van der Waals surface area contributed by atoms with E-state index >= 15 is 0 Å². The summed E-state index contributed by atoms with van der Waals surface area (Å²) in [7, 11) is 1.85. The molecule has 0 N–H and O–H groups in total. The highest BCUT2D eigenvalue weighted by atomic mass is 16.6. The van der Waals surface area contributed by atoms with Gasteiger partial charge in [-0.3, -0.25) is 4.79 Å². The zero-order valence-electron chi connectivity index (χ0n) is 7.93. The SMILES string of the molecule is C=CCN1C=CN(C)C1OC(C)=O. The third-order valence-corrected chi connectivity index (χ3v) is 1.74. The summed E-state index contributed by atoms with van der Waals surface area (Å²) in [6, 6.07) is 0. The quantitative estimate of drug-likeness (QED) is 0.476. The minimum atomic E-state index is -0.324. The molecular weight excluding hydrogens is 168 g/mol. The van der Waals surface area contributed by atoms with Crippen LogP contribution in [0.3, 0.4) is 0 Å². The Bertz CT molecular complexity index is 238. The Morgan fingerprint density at radius 2 is 2.38 bits per heavy atom. The summed E-state index contributed by atoms with van der Waals surface area (Å²) in [4.78, 5) is 14.5. The van der Waals surface area contributed by atoms with Gasteiger partial charge in [0.15, 0.2) is 0 Å². The molecule has 0 aliphatic carbocycles. The van der Waals surface area contributed by atoms with E-state index in [9.17, 15) is 4.79 Å². The number of esters is 1. The van der Waals surface area contributed by atoms with E-state index in [-0.39, 0.29) is 12.3 Å². The van der Waals surface area contributed by atoms with Crippen molar-refractivity contribution in [3.63, 3.8) is 0 Å². The van der Waals surface area contributed by atoms with Gasteiger partial charge >= 0.3 is 5.97 Å². The van der Waals surface area contributed by atoms with Gasteiger partial charge in [-0.05, 0) is 0 Å². The lowest BCUT2D eigenvalue weighted by Crippen LogP contribution is -2.40. The third-order valence-electron chi connectivity index (χ3n) is 1.74. The van der Waals surface area contributed by atoms with Crippen molar-refractivity contribution in [2.45, 2.75) is 13.3 Å². The first-order chi connectivity index (χ1) is 6.15. The maximum Gasteiger partial charge on any atom is 0.305 e. The number of nitrogens with zero attached hydrogens (tertiary/aromatic N) is 2. The summed E-state index contributed by atoms with van der Waals surface area (Å²) >= 11 is 0. The van der Waals surface area contributed by atoms with Crippen molar-refractivity contribution in [1.82, 2.24) is 9.80 Å². The maximum absolute atomic E-state index is 10.8. The molecule has 0 aromatic carbocycles. The fourth-order valence-corrected chi connectivity index (χ4v) is 1.17. The lowest BCUT2D eigenvalue weighted by atomic mass is 10.5. The van der Waals surface area contributed by atoms with E-state index in [1.54, 1.807) is 6.08 Å². The minimum absolute atomic E-state index is 0.283. The van der Waals surface area contributed by atoms with Gasteiger partial charge in [0.05, 0.1) is 0 Å². The van der Waals surface area contributed by atoms with E-state index in [0.29, 0.717) is 6.54 Å². The summed E-state index contributed by atoms with van der Waals surface area (Å²) in [6.07, 6.45) is 5.17. The summed E-state index contributed by atoms with van der Waals surface area (Å²) in [5, 5.41) is 0. The van der Waals surface area contributed by atoms with Crippen LogP contribution in [0.1, 0.15) is 6.92 Å². The van der Waals surface area contributed by atoms with E-state index < -0.39 is 0 Å². The van der Waals surface area contributed by atoms with Crippen LogP contribution in [0.2, 0.25) is 0 Å². The molecule has 0 saturated carbocycles. The number of ether oxygens (including phenoxy) is 1. The average Bonchev–Trinajstić information content (AvgIpc) is 2.36. The van der Waals surface area contributed by atoms with Crippen LogP contribution in [0.15, 0.2) is 25.1 Å². The predicted molar refractivity (Wildman–Crippen MR) is 49.4 cm³/mol. The van der Waals surface area contributed by atoms with Crippen LogP contribution in [-0.2, 0) is 9.53 Å². The van der Waals surface area contributed by atoms with Gasteiger partial charge in [0.1, 0.15) is 0 Å². The number of hydrogen-bond donors (Lipinski definition) is 0. The molecule has 4 heteroatoms. The van der Waals surface area contributed by atoms with E-state index in [1.165, 1.54) is 6.92 Å². The molecule has 1 aliphatic heterocycles.